The van der Waals surface area contributed by atoms with Crippen molar-refractivity contribution in [1.29, 1.82) is 0 Å². The molecule has 0 spiro atoms. The summed E-state index contributed by atoms with van der Waals surface area (Å²) in [5.74, 6) is 0.656. The number of halogens is 1. The van der Waals surface area contributed by atoms with E-state index in [1.165, 1.54) is 23.3 Å². The molecule has 0 aromatic carbocycles. The molecule has 0 saturated carbocycles. The first-order chi connectivity index (χ1) is 7.19. The molecule has 0 aliphatic carbocycles. The molecule has 1 aliphatic rings. The lowest BCUT2D eigenvalue weighted by Gasteiger charge is -2.18. The first-order valence-electron chi connectivity index (χ1n) is 4.38. The Balaban J connectivity index is 2.05. The molecule has 2 heterocycles. The summed E-state index contributed by atoms with van der Waals surface area (Å²) in [7, 11) is 0. The lowest BCUT2D eigenvalue weighted by molar-refractivity contribution is 0.264. The molecular formula is C8H10ClN3OS2. The highest BCUT2D eigenvalue weighted by Gasteiger charge is 2.16. The van der Waals surface area contributed by atoms with E-state index in [0.29, 0.717) is 5.96 Å². The number of fused-ring (bicyclic) bond motifs is 1. The van der Waals surface area contributed by atoms with Crippen LogP contribution in [0, 0.1) is 0 Å². The van der Waals surface area contributed by atoms with Crippen molar-refractivity contribution in [3.8, 4) is 0 Å². The van der Waals surface area contributed by atoms with E-state index in [1.807, 2.05) is 13.0 Å². The molecule has 15 heavy (non-hydrogen) atoms. The van der Waals surface area contributed by atoms with Crippen molar-refractivity contribution in [3.05, 3.63) is 10.4 Å². The zero-order valence-corrected chi connectivity index (χ0v) is 10.3. The summed E-state index contributed by atoms with van der Waals surface area (Å²) in [5, 5.41) is 15.1. The van der Waals surface area contributed by atoms with E-state index in [4.69, 9.17) is 16.7 Å². The molecule has 0 saturated heterocycles. The summed E-state index contributed by atoms with van der Waals surface area (Å²) in [5.41, 5.74) is 0.970. The number of anilines is 1. The standard InChI is InChI=1S/C8H10ClN3OS2/c1-4(3-13)10-8-11-5-2-6(9)14-7(5)15-12-8/h2,4,13H,3H2,1H3,(H2,10,11,12)/t4-/m0/s1. The van der Waals surface area contributed by atoms with Gasteiger partial charge in [-0.25, -0.2) is 0 Å². The predicted octanol–water partition coefficient (Wildman–Crippen LogP) is 2.16. The van der Waals surface area contributed by atoms with Crippen LogP contribution in [0.1, 0.15) is 6.92 Å². The van der Waals surface area contributed by atoms with Crippen molar-refractivity contribution < 1.29 is 5.11 Å². The number of aliphatic hydroxyl groups is 1. The Hall–Kier alpha value is -0.430. The molecule has 82 valence electrons. The molecule has 4 nitrogen and oxygen atoms in total. The van der Waals surface area contributed by atoms with E-state index in [2.05, 4.69) is 15.0 Å². The minimum Gasteiger partial charge on any atom is -0.394 e. The number of aliphatic hydroxyl groups excluding tert-OH is 1. The fourth-order valence-corrected chi connectivity index (χ4v) is 3.14. The molecule has 0 radical (unpaired) electrons. The third kappa shape index (κ3) is 2.57. The van der Waals surface area contributed by atoms with E-state index in [1.54, 1.807) is 0 Å². The van der Waals surface area contributed by atoms with Gasteiger partial charge in [-0.3, -0.25) is 0 Å². The first-order valence-corrected chi connectivity index (χ1v) is 6.34. The molecule has 1 atom stereocenters. The number of guanidine groups is 1. The van der Waals surface area contributed by atoms with Crippen LogP contribution in [0.2, 0.25) is 4.34 Å². The van der Waals surface area contributed by atoms with Gasteiger partial charge in [-0.15, -0.1) is 11.3 Å². The molecule has 0 bridgehead atoms. The second kappa shape index (κ2) is 4.61. The van der Waals surface area contributed by atoms with Gasteiger partial charge in [-0.2, -0.15) is 4.40 Å². The van der Waals surface area contributed by atoms with Gasteiger partial charge in [-0.1, -0.05) is 11.6 Å². The summed E-state index contributed by atoms with van der Waals surface area (Å²) in [4.78, 5) is 0. The van der Waals surface area contributed by atoms with Crippen molar-refractivity contribution in [2.24, 2.45) is 4.40 Å². The fraction of sp³-hybridized carbons (Fsp3) is 0.375. The Morgan fingerprint density at radius 3 is 3.27 bits per heavy atom. The van der Waals surface area contributed by atoms with Crippen LogP contribution in [0.15, 0.2) is 14.7 Å². The van der Waals surface area contributed by atoms with Crippen LogP contribution in [0.5, 0.6) is 0 Å². The fourth-order valence-electron chi connectivity index (χ4n) is 1.08. The second-order valence-electron chi connectivity index (χ2n) is 3.14. The monoisotopic (exact) mass is 263 g/mol. The Bertz CT molecular complexity index is 393. The predicted molar refractivity (Wildman–Crippen MR) is 65.9 cm³/mol. The number of thiophene rings is 1. The van der Waals surface area contributed by atoms with Crippen molar-refractivity contribution in [2.45, 2.75) is 17.2 Å². The molecule has 0 amide bonds. The molecule has 0 unspecified atom stereocenters. The Labute approximate surface area is 101 Å². The van der Waals surface area contributed by atoms with Gasteiger partial charge in [-0.05, 0) is 13.0 Å². The maximum atomic E-state index is 8.89. The van der Waals surface area contributed by atoms with Crippen LogP contribution in [-0.4, -0.2) is 23.7 Å². The van der Waals surface area contributed by atoms with Gasteiger partial charge in [0, 0.05) is 18.0 Å². The van der Waals surface area contributed by atoms with Crippen molar-refractivity contribution in [3.63, 3.8) is 0 Å². The molecule has 1 aliphatic heterocycles. The molecule has 7 heteroatoms. The lowest BCUT2D eigenvalue weighted by Crippen LogP contribution is -2.39. The Morgan fingerprint density at radius 2 is 2.53 bits per heavy atom. The van der Waals surface area contributed by atoms with Crippen molar-refractivity contribution in [1.82, 2.24) is 5.32 Å². The Morgan fingerprint density at radius 1 is 1.73 bits per heavy atom. The van der Waals surface area contributed by atoms with Gasteiger partial charge in [0.15, 0.2) is 0 Å². The van der Waals surface area contributed by atoms with Crippen LogP contribution in [0.25, 0.3) is 0 Å². The maximum Gasteiger partial charge on any atom is 0.208 e. The summed E-state index contributed by atoms with van der Waals surface area (Å²) < 4.78 is 6.02. The van der Waals surface area contributed by atoms with Gasteiger partial charge >= 0.3 is 0 Å². The first kappa shape index (κ1) is 11.1. The van der Waals surface area contributed by atoms with E-state index in [-0.39, 0.29) is 12.6 Å². The van der Waals surface area contributed by atoms with Gasteiger partial charge in [0.05, 0.1) is 16.6 Å². The van der Waals surface area contributed by atoms with Gasteiger partial charge in [0.1, 0.15) is 4.21 Å². The number of nitrogens with zero attached hydrogens (tertiary/aromatic N) is 1. The molecule has 0 fully saturated rings. The van der Waals surface area contributed by atoms with E-state index >= 15 is 0 Å². The highest BCUT2D eigenvalue weighted by atomic mass is 35.5. The highest BCUT2D eigenvalue weighted by Crippen LogP contribution is 2.41. The minimum atomic E-state index is -0.0208. The SMILES string of the molecule is C[C@@H](CO)NC1=NSc2sc(Cl)cc2N1. The smallest absolute Gasteiger partial charge is 0.208 e. The van der Waals surface area contributed by atoms with E-state index < -0.39 is 0 Å². The van der Waals surface area contributed by atoms with E-state index in [0.717, 1.165) is 14.2 Å². The lowest BCUT2D eigenvalue weighted by atomic mass is 10.4. The van der Waals surface area contributed by atoms with Gasteiger partial charge in [0.2, 0.25) is 5.96 Å². The molecule has 1 aromatic rings. The summed E-state index contributed by atoms with van der Waals surface area (Å²) in [6, 6.07) is 1.85. The van der Waals surface area contributed by atoms with Crippen LogP contribution in [0.3, 0.4) is 0 Å². The third-order valence-electron chi connectivity index (χ3n) is 1.80. The van der Waals surface area contributed by atoms with Gasteiger partial charge < -0.3 is 15.7 Å². The topological polar surface area (TPSA) is 56.6 Å². The van der Waals surface area contributed by atoms with Crippen molar-refractivity contribution >= 4 is 46.5 Å². The van der Waals surface area contributed by atoms with Gasteiger partial charge in [0.25, 0.3) is 0 Å². The zero-order chi connectivity index (χ0) is 10.8. The second-order valence-corrected chi connectivity index (χ2v) is 5.85. The number of hydrogen-bond acceptors (Lipinski definition) is 6. The zero-order valence-electron chi connectivity index (χ0n) is 7.95. The number of nitrogens with one attached hydrogen (secondary N) is 2. The number of hydrogen-bond donors (Lipinski definition) is 3. The highest BCUT2D eigenvalue weighted by molar-refractivity contribution is 8.00. The van der Waals surface area contributed by atoms with Crippen LogP contribution in [-0.2, 0) is 0 Å². The van der Waals surface area contributed by atoms with Crippen LogP contribution in [0.4, 0.5) is 5.69 Å². The normalized spacial score (nSPS) is 16.3. The molecule has 3 N–H and O–H groups in total. The largest absolute Gasteiger partial charge is 0.394 e. The van der Waals surface area contributed by atoms with Crippen LogP contribution >= 0.6 is 34.9 Å². The molecule has 1 aromatic heterocycles. The Kier molecular flexibility index (Phi) is 3.40. The maximum absolute atomic E-state index is 8.89. The summed E-state index contributed by atoms with van der Waals surface area (Å²) >= 11 is 8.77. The minimum absolute atomic E-state index is 0.0208. The molecular weight excluding hydrogens is 254 g/mol. The quantitative estimate of drug-likeness (QED) is 0.716. The average molecular weight is 264 g/mol. The summed E-state index contributed by atoms with van der Waals surface area (Å²) in [6.07, 6.45) is 0. The molecule has 2 rings (SSSR count). The number of rotatable bonds is 2. The van der Waals surface area contributed by atoms with Crippen LogP contribution < -0.4 is 10.6 Å². The van der Waals surface area contributed by atoms with Crippen molar-refractivity contribution in [2.75, 3.05) is 11.9 Å². The third-order valence-corrected chi connectivity index (χ3v) is 3.99. The van der Waals surface area contributed by atoms with E-state index in [9.17, 15) is 0 Å². The average Bonchev–Trinajstić information content (AvgIpc) is 2.57. The summed E-state index contributed by atoms with van der Waals surface area (Å²) in [6.45, 7) is 1.95.